The van der Waals surface area contributed by atoms with E-state index in [4.69, 9.17) is 10.5 Å². The third kappa shape index (κ3) is 1.77. The van der Waals surface area contributed by atoms with Gasteiger partial charge < -0.3 is 0 Å². The summed E-state index contributed by atoms with van der Waals surface area (Å²) in [6.45, 7) is 0. The molecule has 0 atom stereocenters. The van der Waals surface area contributed by atoms with Gasteiger partial charge in [-0.2, -0.15) is 15.6 Å². The molecule has 0 N–H and O–H groups in total. The number of aromatic nitrogens is 2. The second-order valence-corrected chi connectivity index (χ2v) is 3.33. The zero-order valence-electron chi connectivity index (χ0n) is 8.94. The molecule has 7 nitrogen and oxygen atoms in total. The van der Waals surface area contributed by atoms with Crippen LogP contribution in [0.2, 0.25) is 0 Å². The van der Waals surface area contributed by atoms with Gasteiger partial charge in [0.15, 0.2) is 0 Å². The molecule has 0 saturated carbocycles. The zero-order chi connectivity index (χ0) is 13.1. The lowest BCUT2D eigenvalue weighted by Crippen LogP contribution is -2.01. The normalized spacial score (nSPS) is 9.44. The first-order chi connectivity index (χ1) is 8.67. The van der Waals surface area contributed by atoms with Crippen molar-refractivity contribution in [2.75, 3.05) is 0 Å². The number of hydrogen-bond donors (Lipinski definition) is 0. The van der Waals surface area contributed by atoms with Gasteiger partial charge in [0, 0.05) is 0 Å². The van der Waals surface area contributed by atoms with Gasteiger partial charge in [0.25, 0.3) is 0 Å². The Balaban J connectivity index is 2.67. The summed E-state index contributed by atoms with van der Waals surface area (Å²) in [6, 6.07) is 8.45. The zero-order valence-corrected chi connectivity index (χ0v) is 8.94. The van der Waals surface area contributed by atoms with Gasteiger partial charge in [0.2, 0.25) is 0 Å². The van der Waals surface area contributed by atoms with Crippen LogP contribution in [0.5, 0.6) is 0 Å². The molecule has 0 fully saturated rings. The molecule has 0 spiro atoms. The Bertz CT molecular complexity index is 673. The van der Waals surface area contributed by atoms with E-state index in [1.807, 2.05) is 12.1 Å². The smallest absolute Gasteiger partial charge is 0.258 e. The van der Waals surface area contributed by atoms with Crippen molar-refractivity contribution in [3.63, 3.8) is 0 Å². The van der Waals surface area contributed by atoms with E-state index >= 15 is 0 Å². The molecule has 1 aromatic carbocycles. The largest absolute Gasteiger partial charge is 0.307 e. The molecular formula is C11H5N5O2. The number of nitriles is 2. The SMILES string of the molecule is N#Cc1cccc(C#N)c1-n1cc([N+](=O)[O-])cn1. The van der Waals surface area contributed by atoms with E-state index in [1.54, 1.807) is 6.07 Å². The number of para-hydroxylation sites is 1. The van der Waals surface area contributed by atoms with E-state index in [9.17, 15) is 10.1 Å². The topological polar surface area (TPSA) is 109 Å². The van der Waals surface area contributed by atoms with Crippen LogP contribution in [0.1, 0.15) is 11.1 Å². The molecule has 86 valence electrons. The van der Waals surface area contributed by atoms with Gasteiger partial charge in [-0.05, 0) is 12.1 Å². The van der Waals surface area contributed by atoms with Crippen molar-refractivity contribution in [2.45, 2.75) is 0 Å². The average molecular weight is 239 g/mol. The molecule has 0 unspecified atom stereocenters. The third-order valence-electron chi connectivity index (χ3n) is 2.29. The molecule has 0 bridgehead atoms. The second kappa shape index (κ2) is 4.36. The highest BCUT2D eigenvalue weighted by Gasteiger charge is 2.15. The van der Waals surface area contributed by atoms with Gasteiger partial charge in [-0.1, -0.05) is 6.07 Å². The lowest BCUT2D eigenvalue weighted by atomic mass is 10.1. The predicted octanol–water partition coefficient (Wildman–Crippen LogP) is 1.52. The van der Waals surface area contributed by atoms with E-state index in [2.05, 4.69) is 5.10 Å². The van der Waals surface area contributed by atoms with Gasteiger partial charge in [0.05, 0.1) is 16.1 Å². The van der Waals surface area contributed by atoms with Crippen molar-refractivity contribution in [3.05, 3.63) is 51.8 Å². The highest BCUT2D eigenvalue weighted by molar-refractivity contribution is 5.58. The molecule has 2 rings (SSSR count). The quantitative estimate of drug-likeness (QED) is 0.583. The van der Waals surface area contributed by atoms with Crippen molar-refractivity contribution in [2.24, 2.45) is 0 Å². The molecule has 18 heavy (non-hydrogen) atoms. The number of rotatable bonds is 2. The van der Waals surface area contributed by atoms with E-state index in [0.29, 0.717) is 0 Å². The molecule has 0 aliphatic rings. The Labute approximate surface area is 101 Å². The lowest BCUT2D eigenvalue weighted by Gasteiger charge is -2.04. The van der Waals surface area contributed by atoms with Gasteiger partial charge in [-0.25, -0.2) is 4.68 Å². The van der Waals surface area contributed by atoms with Crippen LogP contribution in [-0.2, 0) is 0 Å². The highest BCUT2D eigenvalue weighted by atomic mass is 16.6. The van der Waals surface area contributed by atoms with Crippen LogP contribution in [0.25, 0.3) is 5.69 Å². The Kier molecular flexibility index (Phi) is 2.73. The van der Waals surface area contributed by atoms with Crippen molar-refractivity contribution in [1.82, 2.24) is 9.78 Å². The molecule has 0 aliphatic heterocycles. The molecule has 2 aromatic rings. The maximum atomic E-state index is 10.6. The Morgan fingerprint density at radius 1 is 1.28 bits per heavy atom. The minimum Gasteiger partial charge on any atom is -0.258 e. The van der Waals surface area contributed by atoms with Gasteiger partial charge >= 0.3 is 5.69 Å². The monoisotopic (exact) mass is 239 g/mol. The van der Waals surface area contributed by atoms with Gasteiger partial charge in [0.1, 0.15) is 30.2 Å². The Hall–Kier alpha value is -3.19. The molecule has 0 saturated heterocycles. The molecule has 0 radical (unpaired) electrons. The van der Waals surface area contributed by atoms with Crippen LogP contribution in [0.4, 0.5) is 5.69 Å². The van der Waals surface area contributed by atoms with E-state index < -0.39 is 4.92 Å². The van der Waals surface area contributed by atoms with Gasteiger partial charge in [-0.3, -0.25) is 10.1 Å². The minimum atomic E-state index is -0.593. The van der Waals surface area contributed by atoms with Crippen LogP contribution in [0.3, 0.4) is 0 Å². The summed E-state index contributed by atoms with van der Waals surface area (Å²) >= 11 is 0. The maximum absolute atomic E-state index is 10.6. The maximum Gasteiger partial charge on any atom is 0.307 e. The molecule has 0 amide bonds. The minimum absolute atomic E-state index is 0.202. The first kappa shape index (κ1) is 11.3. The number of nitrogens with zero attached hydrogens (tertiary/aromatic N) is 5. The van der Waals surface area contributed by atoms with Crippen LogP contribution in [0, 0.1) is 32.8 Å². The Morgan fingerprint density at radius 2 is 1.89 bits per heavy atom. The van der Waals surface area contributed by atoms with E-state index in [1.165, 1.54) is 12.1 Å². The fourth-order valence-electron chi connectivity index (χ4n) is 1.50. The van der Waals surface area contributed by atoms with Gasteiger partial charge in [-0.15, -0.1) is 0 Å². The van der Waals surface area contributed by atoms with Crippen LogP contribution < -0.4 is 0 Å². The molecule has 7 heteroatoms. The Morgan fingerprint density at radius 3 is 2.33 bits per heavy atom. The van der Waals surface area contributed by atoms with Crippen molar-refractivity contribution >= 4 is 5.69 Å². The second-order valence-electron chi connectivity index (χ2n) is 3.33. The first-order valence-corrected chi connectivity index (χ1v) is 4.80. The highest BCUT2D eigenvalue weighted by Crippen LogP contribution is 2.20. The summed E-state index contributed by atoms with van der Waals surface area (Å²) in [5, 5.41) is 32.3. The van der Waals surface area contributed by atoms with E-state index in [-0.39, 0.29) is 22.5 Å². The summed E-state index contributed by atoms with van der Waals surface area (Å²) in [6.07, 6.45) is 2.23. The number of hydrogen-bond acceptors (Lipinski definition) is 5. The first-order valence-electron chi connectivity index (χ1n) is 4.80. The fraction of sp³-hybridized carbons (Fsp3) is 0. The van der Waals surface area contributed by atoms with Crippen molar-refractivity contribution in [3.8, 4) is 17.8 Å². The lowest BCUT2D eigenvalue weighted by molar-refractivity contribution is -0.384. The average Bonchev–Trinajstić information content (AvgIpc) is 2.87. The summed E-state index contributed by atoms with van der Waals surface area (Å²) < 4.78 is 1.16. The fourth-order valence-corrected chi connectivity index (χ4v) is 1.50. The molecule has 1 heterocycles. The predicted molar refractivity (Wildman–Crippen MR) is 59.6 cm³/mol. The summed E-state index contributed by atoms with van der Waals surface area (Å²) in [4.78, 5) is 9.98. The molecule has 0 aliphatic carbocycles. The summed E-state index contributed by atoms with van der Waals surface area (Å²) in [5.74, 6) is 0. The van der Waals surface area contributed by atoms with E-state index in [0.717, 1.165) is 17.1 Å². The third-order valence-corrected chi connectivity index (χ3v) is 2.29. The number of benzene rings is 1. The number of nitro groups is 1. The standard InChI is InChI=1S/C11H5N5O2/c12-4-8-2-1-3-9(5-13)11(8)15-7-10(6-14-15)16(17)18/h1-3,6-7H. The summed E-state index contributed by atoms with van der Waals surface area (Å²) in [5.41, 5.74) is 0.501. The van der Waals surface area contributed by atoms with Crippen LogP contribution in [-0.4, -0.2) is 14.7 Å². The van der Waals surface area contributed by atoms with Crippen LogP contribution >= 0.6 is 0 Å². The molecular weight excluding hydrogens is 234 g/mol. The van der Waals surface area contributed by atoms with Crippen molar-refractivity contribution in [1.29, 1.82) is 10.5 Å². The van der Waals surface area contributed by atoms with Crippen molar-refractivity contribution < 1.29 is 4.92 Å². The molecule has 1 aromatic heterocycles. The van der Waals surface area contributed by atoms with Crippen LogP contribution in [0.15, 0.2) is 30.6 Å². The summed E-state index contributed by atoms with van der Waals surface area (Å²) in [7, 11) is 0.